The third-order valence-electron chi connectivity index (χ3n) is 3.11. The fourth-order valence-corrected chi connectivity index (χ4v) is 1.62. The van der Waals surface area contributed by atoms with Crippen molar-refractivity contribution in [3.8, 4) is 0 Å². The quantitative estimate of drug-likeness (QED) is 0.800. The summed E-state index contributed by atoms with van der Waals surface area (Å²) in [6, 6.07) is 1.40. The third-order valence-corrected chi connectivity index (χ3v) is 3.66. The van der Waals surface area contributed by atoms with E-state index in [0.717, 1.165) is 0 Å². The first-order valence-electron chi connectivity index (χ1n) is 5.90. The van der Waals surface area contributed by atoms with Gasteiger partial charge in [0.25, 0.3) is 5.56 Å². The summed E-state index contributed by atoms with van der Waals surface area (Å²) >= 11 is 4.97. The second kappa shape index (κ2) is 5.48. The highest BCUT2D eigenvalue weighted by Crippen LogP contribution is 2.20. The van der Waals surface area contributed by atoms with Crippen LogP contribution in [0.5, 0.6) is 0 Å². The van der Waals surface area contributed by atoms with E-state index in [1.54, 1.807) is 0 Å². The minimum absolute atomic E-state index is 0.288. The lowest BCUT2D eigenvalue weighted by atomic mass is 9.89. The molecule has 0 unspecified atom stereocenters. The molecule has 100 valence electrons. The van der Waals surface area contributed by atoms with Crippen LogP contribution in [0.3, 0.4) is 0 Å². The zero-order chi connectivity index (χ0) is 13.9. The topological polar surface area (TPSA) is 70.0 Å². The molecule has 1 aromatic heterocycles. The van der Waals surface area contributed by atoms with Crippen LogP contribution >= 0.6 is 12.2 Å². The molecule has 0 amide bonds. The van der Waals surface area contributed by atoms with E-state index < -0.39 is 0 Å². The number of nitrogens with two attached hydrogens (primary N) is 1. The largest absolute Gasteiger partial charge is 0.393 e. The van der Waals surface area contributed by atoms with Gasteiger partial charge in [-0.3, -0.25) is 9.36 Å². The van der Waals surface area contributed by atoms with Gasteiger partial charge in [-0.15, -0.1) is 0 Å². The number of rotatable bonds is 5. The summed E-state index contributed by atoms with van der Waals surface area (Å²) in [7, 11) is 0. The predicted octanol–water partition coefficient (Wildman–Crippen LogP) is 0.732. The average molecular weight is 269 g/mol. The summed E-state index contributed by atoms with van der Waals surface area (Å²) in [5, 5.41) is 0. The fraction of sp³-hybridized carbons (Fsp3) is 0.583. The first kappa shape index (κ1) is 14.6. The average Bonchev–Trinajstić information content (AvgIpc) is 2.28. The molecule has 0 aromatic carbocycles. The Labute approximate surface area is 111 Å². The Hall–Kier alpha value is -1.43. The summed E-state index contributed by atoms with van der Waals surface area (Å²) in [5.41, 5.74) is 4.68. The highest BCUT2D eigenvalue weighted by Gasteiger charge is 2.21. The molecule has 0 spiro atoms. The Morgan fingerprint density at radius 2 is 2.06 bits per heavy atom. The lowest BCUT2D eigenvalue weighted by molar-refractivity contribution is 0.416. The van der Waals surface area contributed by atoms with Crippen molar-refractivity contribution >= 4 is 17.2 Å². The maximum absolute atomic E-state index is 12.0. The lowest BCUT2D eigenvalue weighted by Gasteiger charge is -2.23. The van der Waals surface area contributed by atoms with Gasteiger partial charge in [0.1, 0.15) is 0 Å². The summed E-state index contributed by atoms with van der Waals surface area (Å²) in [6.45, 7) is 6.53. The van der Waals surface area contributed by atoms with Gasteiger partial charge in [0, 0.05) is 30.8 Å². The molecular formula is C12H19N3O2S. The van der Waals surface area contributed by atoms with E-state index >= 15 is 0 Å². The Morgan fingerprint density at radius 3 is 2.56 bits per heavy atom. The molecule has 1 heterocycles. The lowest BCUT2D eigenvalue weighted by Crippen LogP contribution is -2.40. The van der Waals surface area contributed by atoms with Crippen molar-refractivity contribution in [2.45, 2.75) is 40.3 Å². The van der Waals surface area contributed by atoms with Crippen molar-refractivity contribution < 1.29 is 0 Å². The zero-order valence-electron chi connectivity index (χ0n) is 11.0. The molecule has 0 aliphatic rings. The van der Waals surface area contributed by atoms with Crippen LogP contribution in [-0.2, 0) is 13.1 Å². The molecule has 0 saturated heterocycles. The normalized spacial score (nSPS) is 11.5. The van der Waals surface area contributed by atoms with Gasteiger partial charge in [0.15, 0.2) is 0 Å². The molecule has 18 heavy (non-hydrogen) atoms. The molecule has 0 radical (unpaired) electrons. The van der Waals surface area contributed by atoms with Crippen LogP contribution in [0.4, 0.5) is 0 Å². The SMILES string of the molecule is CCn1ccc(=O)n(CCC(C)(C)C(N)=S)c1=O. The van der Waals surface area contributed by atoms with Crippen LogP contribution in [-0.4, -0.2) is 14.1 Å². The molecule has 1 aromatic rings. The van der Waals surface area contributed by atoms with Crippen molar-refractivity contribution in [3.05, 3.63) is 33.1 Å². The zero-order valence-corrected chi connectivity index (χ0v) is 11.8. The second-order valence-corrected chi connectivity index (χ2v) is 5.31. The van der Waals surface area contributed by atoms with E-state index in [0.29, 0.717) is 24.5 Å². The van der Waals surface area contributed by atoms with Gasteiger partial charge in [0.05, 0.1) is 4.99 Å². The maximum Gasteiger partial charge on any atom is 0.330 e. The van der Waals surface area contributed by atoms with E-state index in [1.165, 1.54) is 21.4 Å². The summed E-state index contributed by atoms with van der Waals surface area (Å²) in [6.07, 6.45) is 2.07. The molecule has 1 rings (SSSR count). The van der Waals surface area contributed by atoms with Gasteiger partial charge in [-0.2, -0.15) is 0 Å². The summed E-state index contributed by atoms with van der Waals surface area (Å²) < 4.78 is 2.72. The maximum atomic E-state index is 12.0. The van der Waals surface area contributed by atoms with Crippen LogP contribution in [0.1, 0.15) is 27.2 Å². The molecule has 0 bridgehead atoms. The van der Waals surface area contributed by atoms with Gasteiger partial charge in [-0.05, 0) is 13.3 Å². The molecule has 0 fully saturated rings. The molecule has 6 heteroatoms. The Bertz CT molecular complexity index is 557. The highest BCUT2D eigenvalue weighted by atomic mass is 32.1. The van der Waals surface area contributed by atoms with Gasteiger partial charge < -0.3 is 10.3 Å². The number of nitrogens with zero attached hydrogens (tertiary/aromatic N) is 2. The molecule has 0 atom stereocenters. The van der Waals surface area contributed by atoms with E-state index in [1.807, 2.05) is 20.8 Å². The third kappa shape index (κ3) is 3.07. The van der Waals surface area contributed by atoms with E-state index in [4.69, 9.17) is 18.0 Å². The highest BCUT2D eigenvalue weighted by molar-refractivity contribution is 7.80. The first-order valence-corrected chi connectivity index (χ1v) is 6.30. The monoisotopic (exact) mass is 269 g/mol. The van der Waals surface area contributed by atoms with Crippen molar-refractivity contribution in [2.24, 2.45) is 11.1 Å². The smallest absolute Gasteiger partial charge is 0.330 e. The molecule has 2 N–H and O–H groups in total. The van der Waals surface area contributed by atoms with Crippen LogP contribution in [0.15, 0.2) is 21.9 Å². The van der Waals surface area contributed by atoms with Gasteiger partial charge in [-0.25, -0.2) is 4.79 Å². The summed E-state index contributed by atoms with van der Waals surface area (Å²) in [5.74, 6) is 0. The Kier molecular flexibility index (Phi) is 4.45. The Balaban J connectivity index is 3.03. The van der Waals surface area contributed by atoms with Gasteiger partial charge in [-0.1, -0.05) is 26.1 Å². The van der Waals surface area contributed by atoms with Crippen LogP contribution in [0.25, 0.3) is 0 Å². The first-order chi connectivity index (χ1) is 8.29. The molecule has 0 aliphatic carbocycles. The molecule has 0 saturated carbocycles. The second-order valence-electron chi connectivity index (χ2n) is 4.87. The number of hydrogen-bond donors (Lipinski definition) is 1. The van der Waals surface area contributed by atoms with Crippen LogP contribution < -0.4 is 17.0 Å². The molecule has 0 aliphatic heterocycles. The van der Waals surface area contributed by atoms with Crippen molar-refractivity contribution in [3.63, 3.8) is 0 Å². The molecular weight excluding hydrogens is 250 g/mol. The fourth-order valence-electron chi connectivity index (χ4n) is 1.52. The van der Waals surface area contributed by atoms with Crippen LogP contribution in [0, 0.1) is 5.41 Å². The number of aromatic nitrogens is 2. The van der Waals surface area contributed by atoms with E-state index in [9.17, 15) is 9.59 Å². The van der Waals surface area contributed by atoms with Crippen molar-refractivity contribution in [2.75, 3.05) is 0 Å². The number of aryl methyl sites for hydroxylation is 1. The van der Waals surface area contributed by atoms with Gasteiger partial charge >= 0.3 is 5.69 Å². The minimum atomic E-state index is -0.367. The molecule has 5 nitrogen and oxygen atoms in total. The van der Waals surface area contributed by atoms with E-state index in [2.05, 4.69) is 0 Å². The van der Waals surface area contributed by atoms with Gasteiger partial charge in [0.2, 0.25) is 0 Å². The van der Waals surface area contributed by atoms with Crippen molar-refractivity contribution in [1.29, 1.82) is 0 Å². The van der Waals surface area contributed by atoms with E-state index in [-0.39, 0.29) is 16.7 Å². The number of hydrogen-bond acceptors (Lipinski definition) is 3. The minimum Gasteiger partial charge on any atom is -0.393 e. The standard InChI is InChI=1S/C12H19N3O2S/c1-4-14-7-5-9(16)15(11(14)17)8-6-12(2,3)10(13)18/h5,7H,4,6,8H2,1-3H3,(H2,13,18). The van der Waals surface area contributed by atoms with Crippen molar-refractivity contribution in [1.82, 2.24) is 9.13 Å². The van der Waals surface area contributed by atoms with Crippen LogP contribution in [0.2, 0.25) is 0 Å². The Morgan fingerprint density at radius 1 is 1.44 bits per heavy atom. The summed E-state index contributed by atoms with van der Waals surface area (Å²) in [4.78, 5) is 24.0. The predicted molar refractivity (Wildman–Crippen MR) is 75.8 cm³/mol. The number of thiocarbonyl (C=S) groups is 1.